The second kappa shape index (κ2) is 7.03. The van der Waals surface area contributed by atoms with Crippen LogP contribution in [-0.4, -0.2) is 43.4 Å². The van der Waals surface area contributed by atoms with E-state index in [0.717, 1.165) is 11.3 Å². The molecule has 0 amide bonds. The van der Waals surface area contributed by atoms with E-state index < -0.39 is 0 Å². The molecule has 26 heavy (non-hydrogen) atoms. The first-order chi connectivity index (χ1) is 12.7. The lowest BCUT2D eigenvalue weighted by Gasteiger charge is -2.35. The lowest BCUT2D eigenvalue weighted by molar-refractivity contribution is 0.409. The quantitative estimate of drug-likeness (QED) is 0.717. The Morgan fingerprint density at radius 3 is 2.54 bits per heavy atom. The fourth-order valence-electron chi connectivity index (χ4n) is 3.07. The summed E-state index contributed by atoms with van der Waals surface area (Å²) in [6, 6.07) is 14.9. The Hall–Kier alpha value is -3.09. The molecule has 0 saturated carbocycles. The monoisotopic (exact) mass is 354 g/mol. The van der Waals surface area contributed by atoms with Gasteiger partial charge in [-0.15, -0.1) is 0 Å². The average Bonchev–Trinajstić information content (AvgIpc) is 3.19. The predicted molar refractivity (Wildman–Crippen MR) is 97.1 cm³/mol. The number of benzene rings is 2. The van der Waals surface area contributed by atoms with E-state index in [4.69, 9.17) is 9.26 Å². The summed E-state index contributed by atoms with van der Waals surface area (Å²) in [4.78, 5) is 8.55. The number of aromatic nitrogens is 2. The highest BCUT2D eigenvalue weighted by Crippen LogP contribution is 2.25. The molecule has 0 unspecified atom stereocenters. The number of hydrogen-bond acceptors (Lipinski definition) is 6. The molecule has 0 atom stereocenters. The highest BCUT2D eigenvalue weighted by molar-refractivity contribution is 5.58. The van der Waals surface area contributed by atoms with Gasteiger partial charge in [-0.05, 0) is 24.3 Å². The molecular weight excluding hydrogens is 335 g/mol. The SMILES string of the molecule is COc1cccc(-c2noc(N3CCN(c4ccccc4F)CC3)n2)c1. The highest BCUT2D eigenvalue weighted by Gasteiger charge is 2.23. The van der Waals surface area contributed by atoms with E-state index in [9.17, 15) is 4.39 Å². The zero-order chi connectivity index (χ0) is 17.9. The average molecular weight is 354 g/mol. The molecule has 0 N–H and O–H groups in total. The van der Waals surface area contributed by atoms with E-state index in [1.807, 2.05) is 40.1 Å². The highest BCUT2D eigenvalue weighted by atomic mass is 19.1. The second-order valence-corrected chi connectivity index (χ2v) is 6.06. The number of anilines is 2. The van der Waals surface area contributed by atoms with Gasteiger partial charge in [0.25, 0.3) is 0 Å². The van der Waals surface area contributed by atoms with Gasteiger partial charge < -0.3 is 19.1 Å². The third-order valence-corrected chi connectivity index (χ3v) is 4.49. The number of rotatable bonds is 4. The second-order valence-electron chi connectivity index (χ2n) is 6.06. The van der Waals surface area contributed by atoms with Crippen molar-refractivity contribution in [2.24, 2.45) is 0 Å². The molecule has 0 aliphatic carbocycles. The first kappa shape index (κ1) is 16.4. The zero-order valence-electron chi connectivity index (χ0n) is 14.4. The molecule has 4 rings (SSSR count). The maximum atomic E-state index is 13.9. The maximum absolute atomic E-state index is 13.9. The number of piperazine rings is 1. The summed E-state index contributed by atoms with van der Waals surface area (Å²) < 4.78 is 24.6. The van der Waals surface area contributed by atoms with Crippen molar-refractivity contribution in [2.75, 3.05) is 43.1 Å². The van der Waals surface area contributed by atoms with Gasteiger partial charge in [0.15, 0.2) is 0 Å². The van der Waals surface area contributed by atoms with Gasteiger partial charge in [0.1, 0.15) is 11.6 Å². The van der Waals surface area contributed by atoms with Crippen LogP contribution in [0.25, 0.3) is 11.4 Å². The molecule has 2 aromatic carbocycles. The van der Waals surface area contributed by atoms with E-state index in [2.05, 4.69) is 10.1 Å². The summed E-state index contributed by atoms with van der Waals surface area (Å²) in [5.74, 6) is 1.07. The van der Waals surface area contributed by atoms with Crippen molar-refractivity contribution >= 4 is 11.7 Å². The number of halogens is 1. The molecule has 0 bridgehead atoms. The van der Waals surface area contributed by atoms with Gasteiger partial charge in [-0.1, -0.05) is 29.4 Å². The Kier molecular flexibility index (Phi) is 4.43. The molecule has 1 aliphatic rings. The minimum atomic E-state index is -0.195. The standard InChI is InChI=1S/C19H19FN4O2/c1-25-15-6-4-5-14(13-15)18-21-19(26-22-18)24-11-9-23(10-12-24)17-8-3-2-7-16(17)20/h2-8,13H,9-12H2,1H3. The summed E-state index contributed by atoms with van der Waals surface area (Å²) in [5, 5.41) is 4.07. The molecule has 1 aromatic heterocycles. The Morgan fingerprint density at radius 2 is 1.77 bits per heavy atom. The molecule has 6 nitrogen and oxygen atoms in total. The van der Waals surface area contributed by atoms with Crippen molar-refractivity contribution in [3.63, 3.8) is 0 Å². The van der Waals surface area contributed by atoms with Crippen LogP contribution in [0.2, 0.25) is 0 Å². The molecule has 1 fully saturated rings. The van der Waals surface area contributed by atoms with Crippen LogP contribution in [0.15, 0.2) is 53.1 Å². The van der Waals surface area contributed by atoms with Crippen molar-refractivity contribution in [1.82, 2.24) is 10.1 Å². The van der Waals surface area contributed by atoms with E-state index in [0.29, 0.717) is 43.7 Å². The summed E-state index contributed by atoms with van der Waals surface area (Å²) in [7, 11) is 1.62. The van der Waals surface area contributed by atoms with Crippen LogP contribution < -0.4 is 14.5 Å². The van der Waals surface area contributed by atoms with Crippen molar-refractivity contribution < 1.29 is 13.7 Å². The van der Waals surface area contributed by atoms with Gasteiger partial charge in [-0.3, -0.25) is 0 Å². The van der Waals surface area contributed by atoms with Gasteiger partial charge in [0.2, 0.25) is 5.82 Å². The minimum Gasteiger partial charge on any atom is -0.497 e. The lowest BCUT2D eigenvalue weighted by Crippen LogP contribution is -2.47. The van der Waals surface area contributed by atoms with Crippen LogP contribution in [0.5, 0.6) is 5.75 Å². The number of para-hydroxylation sites is 1. The zero-order valence-corrected chi connectivity index (χ0v) is 14.4. The molecule has 3 aromatic rings. The molecule has 134 valence electrons. The van der Waals surface area contributed by atoms with Gasteiger partial charge in [-0.25, -0.2) is 4.39 Å². The lowest BCUT2D eigenvalue weighted by atomic mass is 10.2. The van der Waals surface area contributed by atoms with E-state index in [1.165, 1.54) is 6.07 Å². The Labute approximate surface area is 150 Å². The van der Waals surface area contributed by atoms with Crippen molar-refractivity contribution in [1.29, 1.82) is 0 Å². The van der Waals surface area contributed by atoms with Crippen LogP contribution >= 0.6 is 0 Å². The van der Waals surface area contributed by atoms with Crippen molar-refractivity contribution in [3.05, 3.63) is 54.3 Å². The molecule has 0 spiro atoms. The van der Waals surface area contributed by atoms with Gasteiger partial charge in [0.05, 0.1) is 12.8 Å². The number of ether oxygens (including phenoxy) is 1. The summed E-state index contributed by atoms with van der Waals surface area (Å²) >= 11 is 0. The van der Waals surface area contributed by atoms with Gasteiger partial charge in [-0.2, -0.15) is 4.98 Å². The third-order valence-electron chi connectivity index (χ3n) is 4.49. The van der Waals surface area contributed by atoms with Crippen LogP contribution in [0, 0.1) is 5.82 Å². The molecule has 2 heterocycles. The summed E-state index contributed by atoms with van der Waals surface area (Å²) in [5.41, 5.74) is 1.47. The molecule has 0 radical (unpaired) electrons. The fraction of sp³-hybridized carbons (Fsp3) is 0.263. The molecule has 1 saturated heterocycles. The molecule has 7 heteroatoms. The number of nitrogens with zero attached hydrogens (tertiary/aromatic N) is 4. The van der Waals surface area contributed by atoms with Crippen LogP contribution in [0.3, 0.4) is 0 Å². The third kappa shape index (κ3) is 3.20. The van der Waals surface area contributed by atoms with Crippen molar-refractivity contribution in [2.45, 2.75) is 0 Å². The number of hydrogen-bond donors (Lipinski definition) is 0. The smallest absolute Gasteiger partial charge is 0.324 e. The van der Waals surface area contributed by atoms with Gasteiger partial charge in [0, 0.05) is 31.7 Å². The van der Waals surface area contributed by atoms with Crippen molar-refractivity contribution in [3.8, 4) is 17.1 Å². The van der Waals surface area contributed by atoms with Crippen LogP contribution in [-0.2, 0) is 0 Å². The molecular formula is C19H19FN4O2. The Morgan fingerprint density at radius 1 is 1.00 bits per heavy atom. The minimum absolute atomic E-state index is 0.195. The van der Waals surface area contributed by atoms with Crippen LogP contribution in [0.1, 0.15) is 0 Å². The van der Waals surface area contributed by atoms with Crippen LogP contribution in [0.4, 0.5) is 16.1 Å². The van der Waals surface area contributed by atoms with E-state index in [-0.39, 0.29) is 5.82 Å². The predicted octanol–water partition coefficient (Wildman–Crippen LogP) is 3.21. The largest absolute Gasteiger partial charge is 0.497 e. The normalized spacial score (nSPS) is 14.5. The Bertz CT molecular complexity index is 891. The maximum Gasteiger partial charge on any atom is 0.324 e. The van der Waals surface area contributed by atoms with Gasteiger partial charge >= 0.3 is 6.01 Å². The Balaban J connectivity index is 1.45. The van der Waals surface area contributed by atoms with E-state index >= 15 is 0 Å². The first-order valence-electron chi connectivity index (χ1n) is 8.47. The summed E-state index contributed by atoms with van der Waals surface area (Å²) in [6.45, 7) is 2.76. The fourth-order valence-corrected chi connectivity index (χ4v) is 3.07. The molecule has 1 aliphatic heterocycles. The number of methoxy groups -OCH3 is 1. The first-order valence-corrected chi connectivity index (χ1v) is 8.47. The topological polar surface area (TPSA) is 54.6 Å². The summed E-state index contributed by atoms with van der Waals surface area (Å²) in [6.07, 6.45) is 0. The van der Waals surface area contributed by atoms with E-state index in [1.54, 1.807) is 19.2 Å².